The first-order valence-electron chi connectivity index (χ1n) is 12.5. The van der Waals surface area contributed by atoms with E-state index in [0.29, 0.717) is 22.8 Å². The Bertz CT molecular complexity index is 1670. The summed E-state index contributed by atoms with van der Waals surface area (Å²) in [5.41, 5.74) is 1.48. The molecule has 0 bridgehead atoms. The maximum Gasteiger partial charge on any atom is 0.219 e. The topological polar surface area (TPSA) is 114 Å². The molecule has 3 aromatic carbocycles. The molecule has 4 aromatic rings. The van der Waals surface area contributed by atoms with Crippen LogP contribution in [0.3, 0.4) is 0 Å². The van der Waals surface area contributed by atoms with Crippen molar-refractivity contribution >= 4 is 10.0 Å². The Hall–Kier alpha value is -4.40. The van der Waals surface area contributed by atoms with Crippen molar-refractivity contribution in [3.05, 3.63) is 118 Å². The Morgan fingerprint density at radius 3 is 2.32 bits per heavy atom. The molecule has 212 valence electrons. The summed E-state index contributed by atoms with van der Waals surface area (Å²) >= 11 is 0. The summed E-state index contributed by atoms with van der Waals surface area (Å²) in [7, 11) is -2.13. The minimum atomic E-state index is -3.69. The van der Waals surface area contributed by atoms with Crippen molar-refractivity contribution in [3.63, 3.8) is 0 Å². The number of hydrogen-bond donors (Lipinski definition) is 1. The zero-order valence-electron chi connectivity index (χ0n) is 22.7. The number of nitriles is 1. The molecular formula is C30H28F2N4O4S. The highest BCUT2D eigenvalue weighted by atomic mass is 32.2. The second-order valence-corrected chi connectivity index (χ2v) is 11.6. The van der Waals surface area contributed by atoms with Gasteiger partial charge in [0.05, 0.1) is 18.4 Å². The maximum absolute atomic E-state index is 14.1. The minimum Gasteiger partial charge on any atom is -0.497 e. The second kappa shape index (κ2) is 12.4. The highest BCUT2D eigenvalue weighted by molar-refractivity contribution is 7.88. The molecule has 11 heteroatoms. The number of sulfonamides is 1. The molecule has 0 saturated carbocycles. The SMILES string of the molecule is COc1ccc(CNS(=O)(=O)Cc2nccc(COc3ccc(C(C)(C)c4cc(F)c(F)c(C#N)c4)cc3)n2)cc1. The van der Waals surface area contributed by atoms with E-state index in [4.69, 9.17) is 14.7 Å². The number of nitrogens with one attached hydrogen (secondary N) is 1. The van der Waals surface area contributed by atoms with Crippen molar-refractivity contribution in [2.75, 3.05) is 7.11 Å². The van der Waals surface area contributed by atoms with Gasteiger partial charge in [0.15, 0.2) is 11.6 Å². The van der Waals surface area contributed by atoms with Gasteiger partial charge in [-0.3, -0.25) is 0 Å². The molecule has 0 aliphatic rings. The molecule has 0 atom stereocenters. The van der Waals surface area contributed by atoms with Crippen LogP contribution in [0, 0.1) is 23.0 Å². The molecule has 0 fully saturated rings. The summed E-state index contributed by atoms with van der Waals surface area (Å²) in [4.78, 5) is 8.39. The van der Waals surface area contributed by atoms with Crippen LogP contribution in [0.1, 0.15) is 47.6 Å². The Morgan fingerprint density at radius 1 is 0.976 bits per heavy atom. The number of hydrogen-bond acceptors (Lipinski definition) is 7. The van der Waals surface area contributed by atoms with E-state index >= 15 is 0 Å². The first-order chi connectivity index (χ1) is 19.5. The number of nitrogens with zero attached hydrogens (tertiary/aromatic N) is 3. The smallest absolute Gasteiger partial charge is 0.219 e. The number of benzene rings is 3. The zero-order chi connectivity index (χ0) is 29.6. The molecule has 0 aliphatic heterocycles. The molecule has 1 heterocycles. The lowest BCUT2D eigenvalue weighted by molar-refractivity contribution is 0.300. The molecule has 0 unspecified atom stereocenters. The summed E-state index contributed by atoms with van der Waals surface area (Å²) < 4.78 is 66.5. The van der Waals surface area contributed by atoms with Gasteiger partial charge in [0.25, 0.3) is 0 Å². The van der Waals surface area contributed by atoms with Crippen molar-refractivity contribution in [2.45, 2.75) is 38.2 Å². The van der Waals surface area contributed by atoms with E-state index in [-0.39, 0.29) is 24.5 Å². The molecular weight excluding hydrogens is 550 g/mol. The van der Waals surface area contributed by atoms with Gasteiger partial charge in [-0.1, -0.05) is 38.1 Å². The number of ether oxygens (including phenoxy) is 2. The van der Waals surface area contributed by atoms with Gasteiger partial charge in [0.2, 0.25) is 10.0 Å². The predicted octanol–water partition coefficient (Wildman–Crippen LogP) is 5.16. The van der Waals surface area contributed by atoms with Crippen LogP contribution in [0.4, 0.5) is 8.78 Å². The maximum atomic E-state index is 14.1. The molecule has 0 aliphatic carbocycles. The summed E-state index contributed by atoms with van der Waals surface area (Å²) in [5.74, 6) is -1.28. The van der Waals surface area contributed by atoms with Crippen LogP contribution < -0.4 is 14.2 Å². The quantitative estimate of drug-likeness (QED) is 0.262. The van der Waals surface area contributed by atoms with Gasteiger partial charge in [-0.25, -0.2) is 31.9 Å². The van der Waals surface area contributed by atoms with E-state index in [1.807, 2.05) is 13.8 Å². The molecule has 0 saturated heterocycles. The normalized spacial score (nSPS) is 11.6. The Labute approximate surface area is 237 Å². The Kier molecular flexibility index (Phi) is 8.95. The van der Waals surface area contributed by atoms with Crippen molar-refractivity contribution in [1.82, 2.24) is 14.7 Å². The van der Waals surface area contributed by atoms with Crippen LogP contribution in [-0.4, -0.2) is 25.5 Å². The first-order valence-corrected chi connectivity index (χ1v) is 14.2. The van der Waals surface area contributed by atoms with Gasteiger partial charge in [0.1, 0.15) is 35.8 Å². The molecule has 41 heavy (non-hydrogen) atoms. The number of methoxy groups -OCH3 is 1. The fourth-order valence-corrected chi connectivity index (χ4v) is 5.04. The van der Waals surface area contributed by atoms with Crippen molar-refractivity contribution < 1.29 is 26.7 Å². The lowest BCUT2D eigenvalue weighted by Gasteiger charge is -2.26. The predicted molar refractivity (Wildman–Crippen MR) is 148 cm³/mol. The summed E-state index contributed by atoms with van der Waals surface area (Å²) in [6.45, 7) is 3.89. The summed E-state index contributed by atoms with van der Waals surface area (Å²) in [5, 5.41) is 9.13. The van der Waals surface area contributed by atoms with E-state index in [9.17, 15) is 17.2 Å². The van der Waals surface area contributed by atoms with Crippen LogP contribution in [0.15, 0.2) is 72.9 Å². The van der Waals surface area contributed by atoms with Gasteiger partial charge < -0.3 is 9.47 Å². The minimum absolute atomic E-state index is 0.0757. The number of halogens is 2. The molecule has 0 spiro atoms. The zero-order valence-corrected chi connectivity index (χ0v) is 23.5. The number of aromatic nitrogens is 2. The van der Waals surface area contributed by atoms with Gasteiger partial charge in [0, 0.05) is 18.2 Å². The largest absolute Gasteiger partial charge is 0.497 e. The van der Waals surface area contributed by atoms with Crippen LogP contribution in [0.25, 0.3) is 0 Å². The van der Waals surface area contributed by atoms with E-state index < -0.39 is 32.8 Å². The fraction of sp³-hybridized carbons (Fsp3) is 0.233. The van der Waals surface area contributed by atoms with Crippen molar-refractivity contribution in [2.24, 2.45) is 0 Å². The third kappa shape index (κ3) is 7.42. The highest BCUT2D eigenvalue weighted by Crippen LogP contribution is 2.34. The van der Waals surface area contributed by atoms with Gasteiger partial charge >= 0.3 is 0 Å². The summed E-state index contributed by atoms with van der Waals surface area (Å²) in [6.07, 6.45) is 1.48. The standard InChI is InChI=1S/C30H28F2N4O4S/c1-30(2,23-14-21(16-33)29(32)27(31)15-23)22-6-10-26(11-7-22)40-18-24-12-13-34-28(36-24)19-41(37,38)35-17-20-4-8-25(39-3)9-5-20/h4-15,35H,17-19H2,1-3H3. The van der Waals surface area contributed by atoms with Crippen molar-refractivity contribution in [1.29, 1.82) is 5.26 Å². The van der Waals surface area contributed by atoms with Crippen LogP contribution >= 0.6 is 0 Å². The average molecular weight is 579 g/mol. The molecule has 1 N–H and O–H groups in total. The third-order valence-corrected chi connectivity index (χ3v) is 7.79. The third-order valence-electron chi connectivity index (χ3n) is 6.57. The van der Waals surface area contributed by atoms with Crippen LogP contribution in [0.2, 0.25) is 0 Å². The lowest BCUT2D eigenvalue weighted by Crippen LogP contribution is -2.25. The lowest BCUT2D eigenvalue weighted by atomic mass is 9.77. The number of rotatable bonds is 11. The highest BCUT2D eigenvalue weighted by Gasteiger charge is 2.26. The van der Waals surface area contributed by atoms with Crippen LogP contribution in [0.5, 0.6) is 11.5 Å². The summed E-state index contributed by atoms with van der Waals surface area (Å²) in [6, 6.07) is 19.9. The molecule has 8 nitrogen and oxygen atoms in total. The first kappa shape index (κ1) is 29.6. The van der Waals surface area contributed by atoms with E-state index in [1.54, 1.807) is 67.8 Å². The Balaban J connectivity index is 1.37. The monoisotopic (exact) mass is 578 g/mol. The molecule has 0 radical (unpaired) electrons. The molecule has 0 amide bonds. The van der Waals surface area contributed by atoms with Gasteiger partial charge in [-0.05, 0) is 59.2 Å². The fourth-order valence-electron chi connectivity index (χ4n) is 4.07. The van der Waals surface area contributed by atoms with E-state index in [1.165, 1.54) is 12.3 Å². The second-order valence-electron chi connectivity index (χ2n) is 9.76. The van der Waals surface area contributed by atoms with Gasteiger partial charge in [-0.15, -0.1) is 0 Å². The Morgan fingerprint density at radius 2 is 1.66 bits per heavy atom. The molecule has 1 aromatic heterocycles. The van der Waals surface area contributed by atoms with Crippen LogP contribution in [-0.2, 0) is 34.3 Å². The molecule has 4 rings (SSSR count). The van der Waals surface area contributed by atoms with E-state index in [2.05, 4.69) is 14.7 Å². The average Bonchev–Trinajstić information content (AvgIpc) is 2.96. The van der Waals surface area contributed by atoms with Crippen molar-refractivity contribution in [3.8, 4) is 17.6 Å². The van der Waals surface area contributed by atoms with Gasteiger partial charge in [-0.2, -0.15) is 5.26 Å². The van der Waals surface area contributed by atoms with E-state index in [0.717, 1.165) is 17.2 Å².